The minimum Gasteiger partial charge on any atom is -0.480 e. The molecule has 2 aromatic rings. The summed E-state index contributed by atoms with van der Waals surface area (Å²) in [6, 6.07) is 8.33. The Bertz CT molecular complexity index is 827. The monoisotopic (exact) mass is 403 g/mol. The van der Waals surface area contributed by atoms with Crippen molar-refractivity contribution in [1.82, 2.24) is 14.7 Å². The van der Waals surface area contributed by atoms with Crippen LogP contribution < -0.4 is 0 Å². The highest BCUT2D eigenvalue weighted by atomic mass is 28.4. The highest BCUT2D eigenvalue weighted by Gasteiger charge is 2.39. The van der Waals surface area contributed by atoms with Crippen LogP contribution in [0.15, 0.2) is 42.7 Å². The molecule has 0 fully saturated rings. The number of carboxylic acid groups (broad SMARTS) is 1. The number of aromatic nitrogens is 2. The zero-order valence-electron chi connectivity index (χ0n) is 17.3. The maximum absolute atomic E-state index is 12.8. The number of carbonyl (C=O) groups is 2. The van der Waals surface area contributed by atoms with Gasteiger partial charge in [-0.1, -0.05) is 39.0 Å². The maximum Gasteiger partial charge on any atom is 0.328 e. The predicted octanol–water partition coefficient (Wildman–Crippen LogP) is 3.42. The van der Waals surface area contributed by atoms with E-state index in [1.54, 1.807) is 10.9 Å². The molecule has 0 aliphatic rings. The Balaban J connectivity index is 2.15. The van der Waals surface area contributed by atoms with Crippen LogP contribution in [0.4, 0.5) is 0 Å². The van der Waals surface area contributed by atoms with Crippen LogP contribution >= 0.6 is 0 Å². The van der Waals surface area contributed by atoms with Crippen LogP contribution in [0.1, 0.15) is 31.1 Å². The van der Waals surface area contributed by atoms with Crippen LogP contribution in [0.25, 0.3) is 5.69 Å². The summed E-state index contributed by atoms with van der Waals surface area (Å²) in [6.45, 7) is 10.3. The molecule has 0 saturated heterocycles. The predicted molar refractivity (Wildman–Crippen MR) is 110 cm³/mol. The van der Waals surface area contributed by atoms with Crippen LogP contribution in [0.3, 0.4) is 0 Å². The van der Waals surface area contributed by atoms with E-state index in [0.717, 1.165) is 5.69 Å². The molecule has 2 rings (SSSR count). The van der Waals surface area contributed by atoms with Gasteiger partial charge in [-0.05, 0) is 30.3 Å². The van der Waals surface area contributed by atoms with Crippen molar-refractivity contribution >= 4 is 20.2 Å². The van der Waals surface area contributed by atoms with E-state index in [4.69, 9.17) is 4.43 Å². The molecule has 0 spiro atoms. The third-order valence-corrected chi connectivity index (χ3v) is 9.83. The van der Waals surface area contributed by atoms with Gasteiger partial charge in [0.1, 0.15) is 0 Å². The van der Waals surface area contributed by atoms with Crippen LogP contribution in [0.5, 0.6) is 0 Å². The molecule has 1 amide bonds. The molecule has 8 heteroatoms. The summed E-state index contributed by atoms with van der Waals surface area (Å²) in [5.41, 5.74) is 1.14. The van der Waals surface area contributed by atoms with Gasteiger partial charge in [0.05, 0.1) is 24.1 Å². The number of aliphatic carboxylic acids is 1. The van der Waals surface area contributed by atoms with Crippen molar-refractivity contribution in [2.45, 2.75) is 44.9 Å². The molecule has 7 nitrogen and oxygen atoms in total. The van der Waals surface area contributed by atoms with Gasteiger partial charge in [-0.3, -0.25) is 4.79 Å². The number of nitrogens with zero attached hydrogens (tertiary/aromatic N) is 3. The van der Waals surface area contributed by atoms with E-state index in [1.807, 2.05) is 30.3 Å². The van der Waals surface area contributed by atoms with Gasteiger partial charge in [-0.25, -0.2) is 9.48 Å². The Labute approximate surface area is 167 Å². The summed E-state index contributed by atoms with van der Waals surface area (Å²) in [5, 5.41) is 13.8. The number of rotatable bonds is 7. The molecule has 1 unspecified atom stereocenters. The number of hydrogen-bond acceptors (Lipinski definition) is 4. The van der Waals surface area contributed by atoms with Crippen LogP contribution in [0, 0.1) is 0 Å². The molecule has 0 bridgehead atoms. The number of hydrogen-bond donors (Lipinski definition) is 1. The zero-order valence-corrected chi connectivity index (χ0v) is 18.3. The maximum atomic E-state index is 12.8. The number of carbonyl (C=O) groups excluding carboxylic acids is 1. The number of likely N-dealkylation sites (N-methyl/N-ethyl adjacent to an activating group) is 1. The largest absolute Gasteiger partial charge is 0.480 e. The zero-order chi connectivity index (χ0) is 21.1. The Morgan fingerprint density at radius 3 is 2.39 bits per heavy atom. The second kappa shape index (κ2) is 8.28. The molecule has 152 valence electrons. The van der Waals surface area contributed by atoms with Gasteiger partial charge in [0, 0.05) is 13.2 Å². The van der Waals surface area contributed by atoms with Crippen LogP contribution in [0.2, 0.25) is 18.1 Å². The topological polar surface area (TPSA) is 84.7 Å². The van der Waals surface area contributed by atoms with Crippen molar-refractivity contribution in [2.24, 2.45) is 0 Å². The number of benzene rings is 1. The van der Waals surface area contributed by atoms with Gasteiger partial charge in [-0.15, -0.1) is 0 Å². The quantitative estimate of drug-likeness (QED) is 0.716. The van der Waals surface area contributed by atoms with Crippen molar-refractivity contribution in [3.8, 4) is 5.69 Å². The van der Waals surface area contributed by atoms with Crippen molar-refractivity contribution in [3.05, 3.63) is 48.3 Å². The second-order valence-corrected chi connectivity index (χ2v) is 13.2. The number of para-hydroxylation sites is 1. The molecule has 1 aromatic heterocycles. The molecule has 0 saturated carbocycles. The molecular weight excluding hydrogens is 374 g/mol. The van der Waals surface area contributed by atoms with Gasteiger partial charge < -0.3 is 14.4 Å². The van der Waals surface area contributed by atoms with Crippen molar-refractivity contribution in [1.29, 1.82) is 0 Å². The first kappa shape index (κ1) is 21.8. The Morgan fingerprint density at radius 1 is 1.25 bits per heavy atom. The second-order valence-electron chi connectivity index (χ2n) is 8.35. The highest BCUT2D eigenvalue weighted by Crippen LogP contribution is 2.36. The molecule has 0 aliphatic carbocycles. The average molecular weight is 404 g/mol. The lowest BCUT2D eigenvalue weighted by Crippen LogP contribution is -2.49. The van der Waals surface area contributed by atoms with Crippen LogP contribution in [-0.2, 0) is 9.22 Å². The number of carboxylic acids is 1. The van der Waals surface area contributed by atoms with E-state index in [9.17, 15) is 14.7 Å². The molecule has 0 radical (unpaired) electrons. The van der Waals surface area contributed by atoms with Gasteiger partial charge in [0.15, 0.2) is 14.4 Å². The minimum atomic E-state index is -2.13. The molecule has 28 heavy (non-hydrogen) atoms. The smallest absolute Gasteiger partial charge is 0.328 e. The van der Waals surface area contributed by atoms with Crippen molar-refractivity contribution < 1.29 is 19.1 Å². The molecular formula is C20H29N3O4Si. The van der Waals surface area contributed by atoms with Crippen LogP contribution in [-0.4, -0.2) is 59.7 Å². The lowest BCUT2D eigenvalue weighted by atomic mass is 10.2. The Morgan fingerprint density at radius 2 is 1.86 bits per heavy atom. The Hall–Kier alpha value is -2.45. The first-order valence-electron chi connectivity index (χ1n) is 9.18. The summed E-state index contributed by atoms with van der Waals surface area (Å²) < 4.78 is 7.63. The van der Waals surface area contributed by atoms with E-state index in [2.05, 4.69) is 39.0 Å². The van der Waals surface area contributed by atoms with Crippen molar-refractivity contribution in [2.75, 3.05) is 13.7 Å². The van der Waals surface area contributed by atoms with E-state index in [-0.39, 0.29) is 11.6 Å². The lowest BCUT2D eigenvalue weighted by molar-refractivity contribution is -0.143. The van der Waals surface area contributed by atoms with Gasteiger partial charge in [0.2, 0.25) is 0 Å². The average Bonchev–Trinajstić information content (AvgIpc) is 3.10. The minimum absolute atomic E-state index is 0.0408. The summed E-state index contributed by atoms with van der Waals surface area (Å²) in [6.07, 6.45) is 3.04. The van der Waals surface area contributed by atoms with Gasteiger partial charge in [-0.2, -0.15) is 5.10 Å². The van der Waals surface area contributed by atoms with E-state index >= 15 is 0 Å². The fraction of sp³-hybridized carbons (Fsp3) is 0.450. The summed E-state index contributed by atoms with van der Waals surface area (Å²) in [5.74, 6) is -1.50. The molecule has 1 atom stereocenters. The third kappa shape index (κ3) is 4.88. The molecule has 1 N–H and O–H groups in total. The van der Waals surface area contributed by atoms with E-state index in [1.165, 1.54) is 18.1 Å². The number of amides is 1. The fourth-order valence-corrected chi connectivity index (χ4v) is 3.36. The van der Waals surface area contributed by atoms with Crippen molar-refractivity contribution in [3.63, 3.8) is 0 Å². The first-order chi connectivity index (χ1) is 12.9. The summed E-state index contributed by atoms with van der Waals surface area (Å²) >= 11 is 0. The normalized spacial score (nSPS) is 13.2. The summed E-state index contributed by atoms with van der Waals surface area (Å²) in [7, 11) is -0.649. The molecule has 1 aromatic carbocycles. The van der Waals surface area contributed by atoms with E-state index < -0.39 is 26.2 Å². The molecule has 1 heterocycles. The van der Waals surface area contributed by atoms with E-state index in [0.29, 0.717) is 5.56 Å². The Kier molecular flexibility index (Phi) is 6.46. The lowest BCUT2D eigenvalue weighted by Gasteiger charge is -2.37. The van der Waals surface area contributed by atoms with Gasteiger partial charge >= 0.3 is 5.97 Å². The molecule has 0 aliphatic heterocycles. The highest BCUT2D eigenvalue weighted by molar-refractivity contribution is 6.74. The third-order valence-electron chi connectivity index (χ3n) is 5.33. The summed E-state index contributed by atoms with van der Waals surface area (Å²) in [4.78, 5) is 25.8. The SMILES string of the molecule is CN(C(=O)c1cnn(-c2ccccc2)c1)C(CO[Si](C)(C)C(C)(C)C)C(=O)O. The fourth-order valence-electron chi connectivity index (χ4n) is 2.35. The first-order valence-corrected chi connectivity index (χ1v) is 12.1. The van der Waals surface area contributed by atoms with Gasteiger partial charge in [0.25, 0.3) is 5.91 Å². The standard InChI is InChI=1S/C20H29N3O4Si/c1-20(2,3)28(5,6)27-14-17(19(25)26)22(4)18(24)15-12-21-23(13-15)16-10-8-7-9-11-16/h7-13,17H,14H2,1-6H3,(H,25,26).